The predicted molar refractivity (Wildman–Crippen MR) is 131 cm³/mol. The zero-order valence-corrected chi connectivity index (χ0v) is 19.0. The Labute approximate surface area is 196 Å². The van der Waals surface area contributed by atoms with Crippen LogP contribution >= 0.6 is 0 Å². The molecular formula is C27H25N5O2. The molecule has 4 N–H and O–H groups in total. The van der Waals surface area contributed by atoms with Gasteiger partial charge >= 0.3 is 0 Å². The van der Waals surface area contributed by atoms with E-state index in [4.69, 9.17) is 10.7 Å². The molecule has 2 aromatic carbocycles. The smallest absolute Gasteiger partial charge is 0.165 e. The Hall–Kier alpha value is -3.81. The van der Waals surface area contributed by atoms with Crippen molar-refractivity contribution in [2.45, 2.75) is 37.8 Å². The van der Waals surface area contributed by atoms with Crippen LogP contribution in [-0.4, -0.2) is 35.4 Å². The molecule has 6 rings (SSSR count). The number of phenolic OH excluding ortho intramolecular Hbond substituents is 1. The van der Waals surface area contributed by atoms with Gasteiger partial charge < -0.3 is 15.9 Å². The molecule has 1 aliphatic carbocycles. The fourth-order valence-corrected chi connectivity index (χ4v) is 5.21. The maximum atomic E-state index is 10.2. The third kappa shape index (κ3) is 3.32. The number of aromatic nitrogens is 4. The van der Waals surface area contributed by atoms with Crippen molar-refractivity contribution in [3.8, 4) is 28.1 Å². The Kier molecular flexibility index (Phi) is 4.33. The van der Waals surface area contributed by atoms with Crippen molar-refractivity contribution in [3.63, 3.8) is 0 Å². The third-order valence-electron chi connectivity index (χ3n) is 6.68. The molecule has 7 heteroatoms. The first-order valence-electron chi connectivity index (χ1n) is 11.3. The van der Waals surface area contributed by atoms with E-state index in [1.807, 2.05) is 62.5 Å². The highest BCUT2D eigenvalue weighted by molar-refractivity contribution is 5.90. The Balaban J connectivity index is 1.53. The van der Waals surface area contributed by atoms with Crippen LogP contribution in [0, 0.1) is 6.92 Å². The normalized spacial score (nSPS) is 22.2. The van der Waals surface area contributed by atoms with E-state index in [-0.39, 0.29) is 5.75 Å². The average Bonchev–Trinajstić information content (AvgIpc) is 3.18. The van der Waals surface area contributed by atoms with E-state index >= 15 is 0 Å². The van der Waals surface area contributed by atoms with Crippen LogP contribution in [0.15, 0.2) is 66.9 Å². The molecule has 0 bridgehead atoms. The highest BCUT2D eigenvalue weighted by Crippen LogP contribution is 2.46. The van der Waals surface area contributed by atoms with E-state index in [2.05, 4.69) is 16.1 Å². The largest absolute Gasteiger partial charge is 0.508 e. The molecule has 5 aromatic rings. The minimum atomic E-state index is -0.708. The van der Waals surface area contributed by atoms with E-state index in [0.717, 1.165) is 50.3 Å². The number of pyridine rings is 1. The SMILES string of the molecule is Cc1cc2ncc3cc(-c4ccc(O)cc4)c(-c4ccc(C5(N)CC(C)(O)C5)cc4)nc3n2n1. The molecule has 3 heterocycles. The molecule has 0 radical (unpaired) electrons. The first-order chi connectivity index (χ1) is 16.2. The lowest BCUT2D eigenvalue weighted by Crippen LogP contribution is -2.58. The summed E-state index contributed by atoms with van der Waals surface area (Å²) in [7, 11) is 0. The maximum Gasteiger partial charge on any atom is 0.165 e. The summed E-state index contributed by atoms with van der Waals surface area (Å²) in [5.41, 5.74) is 12.3. The molecule has 34 heavy (non-hydrogen) atoms. The molecule has 0 spiro atoms. The van der Waals surface area contributed by atoms with Gasteiger partial charge in [0, 0.05) is 34.3 Å². The number of aromatic hydroxyl groups is 1. The second-order valence-corrected chi connectivity index (χ2v) is 9.74. The van der Waals surface area contributed by atoms with Crippen LogP contribution in [0.2, 0.25) is 0 Å². The van der Waals surface area contributed by atoms with Gasteiger partial charge in [0.05, 0.1) is 17.0 Å². The van der Waals surface area contributed by atoms with Crippen molar-refractivity contribution in [3.05, 3.63) is 78.1 Å². The van der Waals surface area contributed by atoms with Gasteiger partial charge in [-0.2, -0.15) is 9.61 Å². The molecule has 0 aliphatic heterocycles. The van der Waals surface area contributed by atoms with E-state index in [9.17, 15) is 10.2 Å². The first kappa shape index (κ1) is 20.8. The number of nitrogens with zero attached hydrogens (tertiary/aromatic N) is 4. The van der Waals surface area contributed by atoms with Gasteiger partial charge in [-0.1, -0.05) is 36.4 Å². The molecule has 170 valence electrons. The number of rotatable bonds is 3. The van der Waals surface area contributed by atoms with Gasteiger partial charge in [-0.3, -0.25) is 0 Å². The number of hydrogen-bond acceptors (Lipinski definition) is 6. The highest BCUT2D eigenvalue weighted by atomic mass is 16.3. The molecule has 7 nitrogen and oxygen atoms in total. The van der Waals surface area contributed by atoms with Crippen LogP contribution in [0.5, 0.6) is 5.75 Å². The molecule has 0 amide bonds. The van der Waals surface area contributed by atoms with Crippen molar-refractivity contribution in [1.82, 2.24) is 19.6 Å². The lowest BCUT2D eigenvalue weighted by molar-refractivity contribution is -0.0738. The quantitative estimate of drug-likeness (QED) is 0.377. The molecule has 0 unspecified atom stereocenters. The van der Waals surface area contributed by atoms with Crippen molar-refractivity contribution < 1.29 is 10.2 Å². The molecule has 0 atom stereocenters. The molecule has 1 saturated carbocycles. The summed E-state index contributed by atoms with van der Waals surface area (Å²) in [6, 6.07) is 19.2. The molecule has 1 aliphatic rings. The Morgan fingerprint density at radius 1 is 0.971 bits per heavy atom. The van der Waals surface area contributed by atoms with Crippen LogP contribution in [0.3, 0.4) is 0 Å². The molecule has 3 aromatic heterocycles. The molecule has 0 saturated heterocycles. The van der Waals surface area contributed by atoms with Crippen molar-refractivity contribution in [2.75, 3.05) is 0 Å². The lowest BCUT2D eigenvalue weighted by atomic mass is 9.63. The summed E-state index contributed by atoms with van der Waals surface area (Å²) >= 11 is 0. The Bertz CT molecular complexity index is 1540. The molecule has 1 fully saturated rings. The lowest BCUT2D eigenvalue weighted by Gasteiger charge is -2.49. The predicted octanol–water partition coefficient (Wildman–Crippen LogP) is 4.32. The summed E-state index contributed by atoms with van der Waals surface area (Å²) in [6.45, 7) is 3.76. The number of aliphatic hydroxyl groups is 1. The van der Waals surface area contributed by atoms with Gasteiger partial charge in [0.15, 0.2) is 11.3 Å². The van der Waals surface area contributed by atoms with Crippen LogP contribution in [-0.2, 0) is 5.54 Å². The summed E-state index contributed by atoms with van der Waals surface area (Å²) in [6.07, 6.45) is 2.89. The van der Waals surface area contributed by atoms with E-state index in [0.29, 0.717) is 12.8 Å². The number of hydrogen-bond donors (Lipinski definition) is 3. The van der Waals surface area contributed by atoms with Gasteiger partial charge in [0.1, 0.15) is 5.75 Å². The fourth-order valence-electron chi connectivity index (χ4n) is 5.21. The summed E-state index contributed by atoms with van der Waals surface area (Å²) < 4.78 is 1.77. The Morgan fingerprint density at radius 3 is 2.32 bits per heavy atom. The summed E-state index contributed by atoms with van der Waals surface area (Å²) in [5, 5.41) is 25.4. The van der Waals surface area contributed by atoms with Gasteiger partial charge in [-0.25, -0.2) is 9.97 Å². The topological polar surface area (TPSA) is 110 Å². The number of aryl methyl sites for hydroxylation is 1. The minimum Gasteiger partial charge on any atom is -0.508 e. The highest BCUT2D eigenvalue weighted by Gasteiger charge is 2.49. The van der Waals surface area contributed by atoms with Crippen molar-refractivity contribution in [1.29, 1.82) is 0 Å². The van der Waals surface area contributed by atoms with E-state index < -0.39 is 11.1 Å². The van der Waals surface area contributed by atoms with Crippen molar-refractivity contribution >= 4 is 16.7 Å². The second-order valence-electron chi connectivity index (χ2n) is 9.74. The van der Waals surface area contributed by atoms with Gasteiger partial charge in [0.2, 0.25) is 0 Å². The van der Waals surface area contributed by atoms with Gasteiger partial charge in [0.25, 0.3) is 0 Å². The summed E-state index contributed by atoms with van der Waals surface area (Å²) in [4.78, 5) is 9.60. The number of fused-ring (bicyclic) bond motifs is 3. The van der Waals surface area contributed by atoms with E-state index in [1.165, 1.54) is 0 Å². The third-order valence-corrected chi connectivity index (χ3v) is 6.68. The van der Waals surface area contributed by atoms with Crippen molar-refractivity contribution in [2.24, 2.45) is 5.73 Å². The summed E-state index contributed by atoms with van der Waals surface area (Å²) in [5.74, 6) is 0.211. The zero-order chi connectivity index (χ0) is 23.7. The monoisotopic (exact) mass is 451 g/mol. The number of phenols is 1. The fraction of sp³-hybridized carbons (Fsp3) is 0.222. The van der Waals surface area contributed by atoms with Gasteiger partial charge in [-0.05, 0) is 56.0 Å². The number of nitrogens with two attached hydrogens (primary N) is 1. The van der Waals surface area contributed by atoms with Gasteiger partial charge in [-0.15, -0.1) is 0 Å². The zero-order valence-electron chi connectivity index (χ0n) is 19.0. The average molecular weight is 452 g/mol. The van der Waals surface area contributed by atoms with Crippen LogP contribution in [0.1, 0.15) is 31.0 Å². The van der Waals surface area contributed by atoms with Crippen LogP contribution in [0.25, 0.3) is 39.1 Å². The Morgan fingerprint density at radius 2 is 1.65 bits per heavy atom. The van der Waals surface area contributed by atoms with Crippen LogP contribution < -0.4 is 5.73 Å². The molecular weight excluding hydrogens is 426 g/mol. The van der Waals surface area contributed by atoms with E-state index in [1.54, 1.807) is 16.6 Å². The van der Waals surface area contributed by atoms with Crippen LogP contribution in [0.4, 0.5) is 0 Å². The first-order valence-corrected chi connectivity index (χ1v) is 11.3. The minimum absolute atomic E-state index is 0.211. The maximum absolute atomic E-state index is 10.2. The standard InChI is InChI=1S/C27H25N5O2/c1-16-11-23-29-13-19-12-22(17-5-9-21(33)10-6-17)24(30-25(19)32(23)31-16)18-3-7-20(8-4-18)27(28)14-26(2,34)15-27/h3-13,33-34H,14-15,28H2,1-2H3. The second kappa shape index (κ2) is 7.09. The number of benzene rings is 2.